The van der Waals surface area contributed by atoms with Crippen LogP contribution in [0.2, 0.25) is 0 Å². The van der Waals surface area contributed by atoms with E-state index in [-0.39, 0.29) is 17.4 Å². The molecule has 0 saturated heterocycles. The van der Waals surface area contributed by atoms with Gasteiger partial charge in [0.2, 0.25) is 0 Å². The molecule has 2 N–H and O–H groups in total. The number of hydrogen-bond acceptors (Lipinski definition) is 3. The number of fused-ring (bicyclic) bond motifs is 1. The van der Waals surface area contributed by atoms with Gasteiger partial charge in [0.25, 0.3) is 5.91 Å². The Morgan fingerprint density at radius 1 is 1.21 bits per heavy atom. The fraction of sp³-hybridized carbons (Fsp3) is 0.0833. The summed E-state index contributed by atoms with van der Waals surface area (Å²) in [6.07, 6.45) is -2.06. The number of anilines is 1. The average molecular weight is 266 g/mol. The summed E-state index contributed by atoms with van der Waals surface area (Å²) >= 11 is 0. The lowest BCUT2D eigenvalue weighted by Gasteiger charge is -2.05. The fourth-order valence-corrected chi connectivity index (χ4v) is 1.70. The van der Waals surface area contributed by atoms with Crippen LogP contribution in [0.15, 0.2) is 36.5 Å². The van der Waals surface area contributed by atoms with Gasteiger partial charge >= 0.3 is 6.29 Å². The number of H-pyrrole nitrogens is 1. The van der Waals surface area contributed by atoms with E-state index in [4.69, 9.17) is 0 Å². The number of aromatic amines is 1. The van der Waals surface area contributed by atoms with Crippen LogP contribution >= 0.6 is 0 Å². The van der Waals surface area contributed by atoms with E-state index in [1.807, 2.05) is 0 Å². The Balaban J connectivity index is 1.79. The van der Waals surface area contributed by atoms with Crippen molar-refractivity contribution in [2.75, 3.05) is 5.32 Å². The van der Waals surface area contributed by atoms with Crippen molar-refractivity contribution in [3.8, 4) is 11.5 Å². The van der Waals surface area contributed by atoms with E-state index in [0.29, 0.717) is 11.4 Å². The van der Waals surface area contributed by atoms with Crippen LogP contribution in [0.4, 0.5) is 14.5 Å². The first-order chi connectivity index (χ1) is 9.03. The minimum atomic E-state index is -3.66. The maximum absolute atomic E-state index is 12.8. The molecule has 98 valence electrons. The van der Waals surface area contributed by atoms with Crippen LogP contribution in [-0.2, 0) is 0 Å². The lowest BCUT2D eigenvalue weighted by Crippen LogP contribution is -2.25. The van der Waals surface area contributed by atoms with Gasteiger partial charge in [0, 0.05) is 18.0 Å². The van der Waals surface area contributed by atoms with Gasteiger partial charge < -0.3 is 19.8 Å². The molecule has 0 radical (unpaired) electrons. The highest BCUT2D eigenvalue weighted by atomic mass is 19.3. The molecule has 7 heteroatoms. The molecule has 1 aliphatic heterocycles. The van der Waals surface area contributed by atoms with Crippen LogP contribution in [-0.4, -0.2) is 17.2 Å². The first-order valence-corrected chi connectivity index (χ1v) is 5.38. The number of alkyl halides is 2. The highest BCUT2D eigenvalue weighted by Crippen LogP contribution is 2.42. The Labute approximate surface area is 106 Å². The predicted octanol–water partition coefficient (Wildman–Crippen LogP) is 2.59. The number of halogens is 2. The highest BCUT2D eigenvalue weighted by molar-refractivity contribution is 6.03. The third kappa shape index (κ3) is 2.22. The number of aromatic nitrogens is 1. The number of nitrogens with one attached hydrogen (secondary N) is 2. The second-order valence-electron chi connectivity index (χ2n) is 3.87. The zero-order chi connectivity index (χ0) is 13.5. The van der Waals surface area contributed by atoms with Crippen molar-refractivity contribution >= 4 is 11.6 Å². The number of ether oxygens (including phenoxy) is 2. The molecule has 2 aromatic rings. The maximum Gasteiger partial charge on any atom is 0.586 e. The van der Waals surface area contributed by atoms with Crippen molar-refractivity contribution in [1.82, 2.24) is 4.98 Å². The molecule has 5 nitrogen and oxygen atoms in total. The number of rotatable bonds is 2. The zero-order valence-electron chi connectivity index (χ0n) is 9.44. The van der Waals surface area contributed by atoms with Gasteiger partial charge in [-0.05, 0) is 24.3 Å². The Morgan fingerprint density at radius 2 is 2.00 bits per heavy atom. The van der Waals surface area contributed by atoms with E-state index >= 15 is 0 Å². The van der Waals surface area contributed by atoms with E-state index < -0.39 is 6.29 Å². The molecule has 0 aliphatic carbocycles. The summed E-state index contributed by atoms with van der Waals surface area (Å²) in [4.78, 5) is 14.5. The minimum absolute atomic E-state index is 0.0668. The SMILES string of the molecule is O=C(Nc1ccc2c(c1)OC(F)(F)O2)c1ccc[nH]1. The van der Waals surface area contributed by atoms with Crippen LogP contribution in [0.5, 0.6) is 11.5 Å². The second-order valence-corrected chi connectivity index (χ2v) is 3.87. The summed E-state index contributed by atoms with van der Waals surface area (Å²) in [5.74, 6) is -0.562. The number of amides is 1. The van der Waals surface area contributed by atoms with Gasteiger partial charge in [0.1, 0.15) is 5.69 Å². The molecular weight excluding hydrogens is 258 g/mol. The summed E-state index contributed by atoms with van der Waals surface area (Å²) in [6.45, 7) is 0. The molecule has 1 aliphatic rings. The Hall–Kier alpha value is -2.57. The van der Waals surface area contributed by atoms with Gasteiger partial charge in [0.15, 0.2) is 11.5 Å². The molecular formula is C12H8F2N2O3. The fourth-order valence-electron chi connectivity index (χ4n) is 1.70. The highest BCUT2D eigenvalue weighted by Gasteiger charge is 2.43. The molecule has 2 heterocycles. The Morgan fingerprint density at radius 3 is 2.74 bits per heavy atom. The van der Waals surface area contributed by atoms with E-state index in [1.165, 1.54) is 18.2 Å². The van der Waals surface area contributed by atoms with E-state index in [1.54, 1.807) is 18.3 Å². The standard InChI is InChI=1S/C12H8F2N2O3/c13-12(14)18-9-4-3-7(6-10(9)19-12)16-11(17)8-2-1-5-15-8/h1-6,15H,(H,16,17). The van der Waals surface area contributed by atoms with Gasteiger partial charge in [0.05, 0.1) is 0 Å². The number of hydrogen-bond donors (Lipinski definition) is 2. The number of carbonyl (C=O) groups excluding carboxylic acids is 1. The first-order valence-electron chi connectivity index (χ1n) is 5.38. The van der Waals surface area contributed by atoms with E-state index in [2.05, 4.69) is 19.8 Å². The van der Waals surface area contributed by atoms with Crippen molar-refractivity contribution < 1.29 is 23.0 Å². The third-order valence-corrected chi connectivity index (χ3v) is 2.50. The molecule has 0 atom stereocenters. The van der Waals surface area contributed by atoms with Crippen LogP contribution in [0.1, 0.15) is 10.5 Å². The van der Waals surface area contributed by atoms with Gasteiger partial charge in [-0.15, -0.1) is 8.78 Å². The Kier molecular flexibility index (Phi) is 2.41. The van der Waals surface area contributed by atoms with Crippen molar-refractivity contribution in [2.45, 2.75) is 6.29 Å². The van der Waals surface area contributed by atoms with Crippen molar-refractivity contribution in [2.24, 2.45) is 0 Å². The lowest BCUT2D eigenvalue weighted by atomic mass is 10.2. The minimum Gasteiger partial charge on any atom is -0.395 e. The quantitative estimate of drug-likeness (QED) is 0.878. The number of carbonyl (C=O) groups is 1. The molecule has 1 aromatic carbocycles. The first kappa shape index (κ1) is 11.5. The maximum atomic E-state index is 12.8. The average Bonchev–Trinajstić information content (AvgIpc) is 2.93. The summed E-state index contributed by atoms with van der Waals surface area (Å²) < 4.78 is 34.2. The smallest absolute Gasteiger partial charge is 0.395 e. The normalized spacial score (nSPS) is 15.3. The van der Waals surface area contributed by atoms with E-state index in [9.17, 15) is 13.6 Å². The van der Waals surface area contributed by atoms with Crippen molar-refractivity contribution in [1.29, 1.82) is 0 Å². The molecule has 0 fully saturated rings. The summed E-state index contributed by atoms with van der Waals surface area (Å²) in [6, 6.07) is 7.30. The third-order valence-electron chi connectivity index (χ3n) is 2.50. The molecule has 0 unspecified atom stereocenters. The number of benzene rings is 1. The summed E-state index contributed by atoms with van der Waals surface area (Å²) in [5, 5.41) is 2.55. The monoisotopic (exact) mass is 266 g/mol. The Bertz CT molecular complexity index is 626. The van der Waals surface area contributed by atoms with Gasteiger partial charge in [-0.1, -0.05) is 0 Å². The lowest BCUT2D eigenvalue weighted by molar-refractivity contribution is -0.286. The predicted molar refractivity (Wildman–Crippen MR) is 61.4 cm³/mol. The van der Waals surface area contributed by atoms with Crippen LogP contribution in [0.3, 0.4) is 0 Å². The van der Waals surface area contributed by atoms with Crippen LogP contribution < -0.4 is 14.8 Å². The zero-order valence-corrected chi connectivity index (χ0v) is 9.44. The molecule has 1 amide bonds. The molecule has 0 spiro atoms. The second kappa shape index (κ2) is 3.98. The molecule has 0 bridgehead atoms. The molecule has 1 aromatic heterocycles. The largest absolute Gasteiger partial charge is 0.586 e. The van der Waals surface area contributed by atoms with E-state index in [0.717, 1.165) is 0 Å². The summed E-state index contributed by atoms with van der Waals surface area (Å²) in [7, 11) is 0. The van der Waals surface area contributed by atoms with Gasteiger partial charge in [-0.3, -0.25) is 4.79 Å². The van der Waals surface area contributed by atoms with Crippen molar-refractivity contribution in [3.63, 3.8) is 0 Å². The van der Waals surface area contributed by atoms with Crippen molar-refractivity contribution in [3.05, 3.63) is 42.2 Å². The van der Waals surface area contributed by atoms with Gasteiger partial charge in [-0.2, -0.15) is 0 Å². The molecule has 3 rings (SSSR count). The van der Waals surface area contributed by atoms with Crippen LogP contribution in [0, 0.1) is 0 Å². The van der Waals surface area contributed by atoms with Crippen LogP contribution in [0.25, 0.3) is 0 Å². The topological polar surface area (TPSA) is 63.4 Å². The summed E-state index contributed by atoms with van der Waals surface area (Å²) in [5.41, 5.74) is 0.697. The van der Waals surface area contributed by atoms with Gasteiger partial charge in [-0.25, -0.2) is 0 Å². The molecule has 19 heavy (non-hydrogen) atoms. The molecule has 0 saturated carbocycles.